The Morgan fingerprint density at radius 1 is 1.17 bits per heavy atom. The molecule has 0 unspecified atom stereocenters. The Hall–Kier alpha value is -3.29. The third kappa shape index (κ3) is 5.84. The number of ether oxygens (including phenoxy) is 3. The number of aromatic hydroxyl groups is 1. The van der Waals surface area contributed by atoms with E-state index in [1.165, 1.54) is 26.3 Å². The van der Waals surface area contributed by atoms with Crippen LogP contribution in [0.15, 0.2) is 42.6 Å². The summed E-state index contributed by atoms with van der Waals surface area (Å²) in [6, 6.07) is 9.71. The maximum atomic E-state index is 12.4. The summed E-state index contributed by atoms with van der Waals surface area (Å²) in [6.45, 7) is 5.19. The van der Waals surface area contributed by atoms with E-state index < -0.39 is 29.8 Å². The van der Waals surface area contributed by atoms with Crippen molar-refractivity contribution < 1.29 is 28.9 Å². The second-order valence-electron chi connectivity index (χ2n) is 6.43. The van der Waals surface area contributed by atoms with Gasteiger partial charge in [0.15, 0.2) is 17.2 Å². The standard InChI is InChI=1S/C21H26N2O6/c1-5-16(14(3)28-15-9-7-6-8-10-15)29-21(26)13(2)23-20(25)18-19(24)17(27-4)11-12-22-18/h6-14,16,24H,5H2,1-4H3,(H,23,25)/t13-,14+,16+/m0/s1. The smallest absolute Gasteiger partial charge is 0.328 e. The zero-order chi connectivity index (χ0) is 21.4. The number of para-hydroxylation sites is 1. The van der Waals surface area contributed by atoms with Gasteiger partial charge in [-0.05, 0) is 32.4 Å². The van der Waals surface area contributed by atoms with E-state index in [0.29, 0.717) is 12.2 Å². The summed E-state index contributed by atoms with van der Waals surface area (Å²) in [5, 5.41) is 12.5. The minimum atomic E-state index is -0.951. The summed E-state index contributed by atoms with van der Waals surface area (Å²) >= 11 is 0. The summed E-state index contributed by atoms with van der Waals surface area (Å²) in [7, 11) is 1.36. The van der Waals surface area contributed by atoms with Crippen LogP contribution in [-0.4, -0.2) is 47.3 Å². The van der Waals surface area contributed by atoms with Crippen molar-refractivity contribution in [2.45, 2.75) is 45.4 Å². The van der Waals surface area contributed by atoms with Crippen molar-refractivity contribution in [3.8, 4) is 17.2 Å². The molecule has 0 bridgehead atoms. The minimum absolute atomic E-state index is 0.110. The fraction of sp³-hybridized carbons (Fsp3) is 0.381. The van der Waals surface area contributed by atoms with Crippen molar-refractivity contribution in [3.63, 3.8) is 0 Å². The van der Waals surface area contributed by atoms with Gasteiger partial charge in [0.1, 0.15) is 24.0 Å². The first kappa shape index (κ1) is 22.0. The molecule has 1 aromatic carbocycles. The molecular formula is C21H26N2O6. The van der Waals surface area contributed by atoms with E-state index in [9.17, 15) is 14.7 Å². The first-order chi connectivity index (χ1) is 13.9. The molecule has 0 fully saturated rings. The number of amides is 1. The van der Waals surface area contributed by atoms with Crippen LogP contribution in [0, 0.1) is 0 Å². The molecule has 0 spiro atoms. The summed E-state index contributed by atoms with van der Waals surface area (Å²) in [4.78, 5) is 28.6. The molecule has 2 rings (SSSR count). The number of esters is 1. The molecule has 8 nitrogen and oxygen atoms in total. The molecule has 0 aliphatic heterocycles. The molecule has 1 heterocycles. The van der Waals surface area contributed by atoms with Gasteiger partial charge in [-0.2, -0.15) is 0 Å². The quantitative estimate of drug-likeness (QED) is 0.621. The molecule has 156 valence electrons. The van der Waals surface area contributed by atoms with Crippen LogP contribution in [0.25, 0.3) is 0 Å². The monoisotopic (exact) mass is 402 g/mol. The number of pyridine rings is 1. The molecule has 1 aromatic heterocycles. The average molecular weight is 402 g/mol. The van der Waals surface area contributed by atoms with Gasteiger partial charge in [0.2, 0.25) is 0 Å². The van der Waals surface area contributed by atoms with Gasteiger partial charge >= 0.3 is 5.97 Å². The van der Waals surface area contributed by atoms with Gasteiger partial charge in [0, 0.05) is 12.3 Å². The van der Waals surface area contributed by atoms with E-state index >= 15 is 0 Å². The molecule has 0 aliphatic rings. The van der Waals surface area contributed by atoms with E-state index in [4.69, 9.17) is 14.2 Å². The molecule has 1 amide bonds. The molecular weight excluding hydrogens is 376 g/mol. The van der Waals surface area contributed by atoms with Crippen LogP contribution in [0.2, 0.25) is 0 Å². The van der Waals surface area contributed by atoms with Crippen molar-refractivity contribution in [3.05, 3.63) is 48.3 Å². The number of aromatic nitrogens is 1. The Morgan fingerprint density at radius 3 is 2.48 bits per heavy atom. The molecule has 8 heteroatoms. The van der Waals surface area contributed by atoms with Crippen LogP contribution < -0.4 is 14.8 Å². The number of hydrogen-bond donors (Lipinski definition) is 2. The third-order valence-corrected chi connectivity index (χ3v) is 4.28. The molecule has 0 aliphatic carbocycles. The fourth-order valence-electron chi connectivity index (χ4n) is 2.64. The first-order valence-corrected chi connectivity index (χ1v) is 9.32. The van der Waals surface area contributed by atoms with Crippen molar-refractivity contribution in [2.75, 3.05) is 7.11 Å². The average Bonchev–Trinajstić information content (AvgIpc) is 2.72. The van der Waals surface area contributed by atoms with Gasteiger partial charge in [-0.25, -0.2) is 9.78 Å². The summed E-state index contributed by atoms with van der Waals surface area (Å²) in [5.41, 5.74) is -0.239. The molecule has 3 atom stereocenters. The molecule has 2 N–H and O–H groups in total. The lowest BCUT2D eigenvalue weighted by molar-refractivity contribution is -0.155. The Labute approximate surface area is 169 Å². The SMILES string of the molecule is CC[C@@H](OC(=O)[C@H](C)NC(=O)c1nccc(OC)c1O)[C@@H](C)Oc1ccccc1. The largest absolute Gasteiger partial charge is 0.503 e. The van der Waals surface area contributed by atoms with Crippen molar-refractivity contribution >= 4 is 11.9 Å². The number of benzene rings is 1. The highest BCUT2D eigenvalue weighted by Gasteiger charge is 2.27. The van der Waals surface area contributed by atoms with Crippen molar-refractivity contribution in [1.82, 2.24) is 10.3 Å². The molecule has 0 radical (unpaired) electrons. The second kappa shape index (κ2) is 10.3. The van der Waals surface area contributed by atoms with Gasteiger partial charge in [-0.15, -0.1) is 0 Å². The molecule has 2 aromatic rings. The van der Waals surface area contributed by atoms with Crippen molar-refractivity contribution in [2.24, 2.45) is 0 Å². The number of carbonyl (C=O) groups is 2. The lowest BCUT2D eigenvalue weighted by Crippen LogP contribution is -2.43. The minimum Gasteiger partial charge on any atom is -0.503 e. The predicted octanol–water partition coefficient (Wildman–Crippen LogP) is 2.70. The first-order valence-electron chi connectivity index (χ1n) is 9.32. The Morgan fingerprint density at radius 2 is 1.86 bits per heavy atom. The van der Waals surface area contributed by atoms with E-state index in [-0.39, 0.29) is 17.5 Å². The van der Waals surface area contributed by atoms with Gasteiger partial charge in [-0.1, -0.05) is 25.1 Å². The zero-order valence-electron chi connectivity index (χ0n) is 16.9. The van der Waals surface area contributed by atoms with Crippen LogP contribution in [0.5, 0.6) is 17.2 Å². The highest BCUT2D eigenvalue weighted by atomic mass is 16.6. The van der Waals surface area contributed by atoms with Crippen LogP contribution in [0.3, 0.4) is 0 Å². The number of rotatable bonds is 9. The van der Waals surface area contributed by atoms with E-state index in [1.807, 2.05) is 44.2 Å². The van der Waals surface area contributed by atoms with Crippen LogP contribution >= 0.6 is 0 Å². The fourth-order valence-corrected chi connectivity index (χ4v) is 2.64. The van der Waals surface area contributed by atoms with E-state index in [1.54, 1.807) is 0 Å². The molecule has 29 heavy (non-hydrogen) atoms. The number of hydrogen-bond acceptors (Lipinski definition) is 7. The van der Waals surface area contributed by atoms with Crippen LogP contribution in [0.1, 0.15) is 37.7 Å². The van der Waals surface area contributed by atoms with Gasteiger partial charge < -0.3 is 24.6 Å². The zero-order valence-corrected chi connectivity index (χ0v) is 16.9. The topological polar surface area (TPSA) is 107 Å². The van der Waals surface area contributed by atoms with Gasteiger partial charge in [0.05, 0.1) is 7.11 Å². The Bertz CT molecular complexity index is 827. The number of nitrogens with zero attached hydrogens (tertiary/aromatic N) is 1. The summed E-state index contributed by atoms with van der Waals surface area (Å²) < 4.78 is 16.3. The molecule has 0 saturated carbocycles. The van der Waals surface area contributed by atoms with Crippen molar-refractivity contribution in [1.29, 1.82) is 0 Å². The summed E-state index contributed by atoms with van der Waals surface area (Å²) in [6.07, 6.45) is 0.994. The number of nitrogens with one attached hydrogen (secondary N) is 1. The van der Waals surface area contributed by atoms with E-state index in [0.717, 1.165) is 0 Å². The lowest BCUT2D eigenvalue weighted by atomic mass is 10.1. The second-order valence-corrected chi connectivity index (χ2v) is 6.43. The van der Waals surface area contributed by atoms with Crippen LogP contribution in [0.4, 0.5) is 0 Å². The van der Waals surface area contributed by atoms with E-state index in [2.05, 4.69) is 10.3 Å². The van der Waals surface area contributed by atoms with Crippen LogP contribution in [-0.2, 0) is 9.53 Å². The number of carbonyl (C=O) groups excluding carboxylic acids is 2. The molecule has 0 saturated heterocycles. The number of methoxy groups -OCH3 is 1. The Kier molecular flexibility index (Phi) is 7.82. The lowest BCUT2D eigenvalue weighted by Gasteiger charge is -2.25. The maximum Gasteiger partial charge on any atom is 0.328 e. The predicted molar refractivity (Wildman–Crippen MR) is 106 cm³/mol. The normalized spacial score (nSPS) is 13.7. The highest BCUT2D eigenvalue weighted by Crippen LogP contribution is 2.27. The summed E-state index contributed by atoms with van der Waals surface area (Å²) in [5.74, 6) is -0.943. The van der Waals surface area contributed by atoms with Gasteiger partial charge in [-0.3, -0.25) is 4.79 Å². The van der Waals surface area contributed by atoms with Gasteiger partial charge in [0.25, 0.3) is 5.91 Å². The highest BCUT2D eigenvalue weighted by molar-refractivity contribution is 5.97. The Balaban J connectivity index is 1.97. The maximum absolute atomic E-state index is 12.4. The third-order valence-electron chi connectivity index (χ3n) is 4.28.